The summed E-state index contributed by atoms with van der Waals surface area (Å²) in [5.74, 6) is 0. The number of carbonyl (C=O) groups excluding carboxylic acids is 1. The minimum atomic E-state index is -4.13. The third-order valence-electron chi connectivity index (χ3n) is 9.07. The van der Waals surface area contributed by atoms with E-state index in [-0.39, 0.29) is 33.6 Å². The van der Waals surface area contributed by atoms with E-state index in [1.165, 1.54) is 112 Å². The molecule has 0 saturated carbocycles. The smallest absolute Gasteiger partial charge is 0.410 e. The molecule has 0 unspecified atom stereocenters. The van der Waals surface area contributed by atoms with Gasteiger partial charge >= 0.3 is 6.09 Å². The number of carbonyl (C=O) groups is 1. The third-order valence-corrected chi connectivity index (χ3v) is 14.5. The molecule has 48 heavy (non-hydrogen) atoms. The van der Waals surface area contributed by atoms with E-state index >= 15 is 0 Å². The van der Waals surface area contributed by atoms with Gasteiger partial charge in [0.05, 0.1) is 13.2 Å². The molecule has 1 aromatic heterocycles. The molecule has 1 aliphatic rings. The van der Waals surface area contributed by atoms with Gasteiger partial charge in [-0.05, 0) is 39.2 Å². The zero-order valence-electron chi connectivity index (χ0n) is 30.3. The highest BCUT2D eigenvalue weighted by atomic mass is 32.3. The van der Waals surface area contributed by atoms with Gasteiger partial charge < -0.3 is 14.4 Å². The van der Waals surface area contributed by atoms with Gasteiger partial charge in [-0.25, -0.2) is 13.2 Å². The van der Waals surface area contributed by atoms with E-state index in [9.17, 15) is 21.6 Å². The second kappa shape index (κ2) is 23.0. The molecule has 1 aromatic rings. The fraction of sp³-hybridized carbons (Fsp3) is 0.829. The van der Waals surface area contributed by atoms with Crippen LogP contribution in [0.2, 0.25) is 0 Å². The van der Waals surface area contributed by atoms with Crippen LogP contribution in [-0.2, 0) is 29.5 Å². The van der Waals surface area contributed by atoms with Crippen LogP contribution < -0.4 is 0 Å². The predicted octanol–water partition coefficient (Wildman–Crippen LogP) is 9.11. The Morgan fingerprint density at radius 2 is 1.42 bits per heavy atom. The average Bonchev–Trinajstić information content (AvgIpc) is 3.53. The molecule has 1 amide bonds. The van der Waals surface area contributed by atoms with E-state index < -0.39 is 32.2 Å². The number of fused-ring (bicyclic) bond motifs is 1. The molecule has 278 valence electrons. The zero-order chi connectivity index (χ0) is 35.4. The number of likely N-dealkylation sites (N-methyl/N-ethyl adjacent to an activating group) is 1. The fourth-order valence-electron chi connectivity index (χ4n) is 6.29. The Bertz CT molecular complexity index is 1310. The Morgan fingerprint density at radius 1 is 0.896 bits per heavy atom. The SMILES string of the molecule is CCCCCCCCCCCCCCCCCCC/C(C)=N/S(=O)(=O)c1cc2c(s1)S(=O)(=O)N(CCCOC)C[C@@H]2N(CC)C(=O)OC. The molecule has 0 saturated heterocycles. The Labute approximate surface area is 296 Å². The number of unbranched alkanes of at least 4 members (excludes halogenated alkanes) is 16. The lowest BCUT2D eigenvalue weighted by Gasteiger charge is -2.37. The number of ether oxygens (including phenoxy) is 2. The number of rotatable bonds is 26. The van der Waals surface area contributed by atoms with Crippen molar-refractivity contribution in [3.63, 3.8) is 0 Å². The Hall–Kier alpha value is -1.54. The van der Waals surface area contributed by atoms with Gasteiger partial charge in [0, 0.05) is 44.6 Å². The summed E-state index contributed by atoms with van der Waals surface area (Å²) in [6.45, 7) is 6.56. The monoisotopic (exact) mass is 733 g/mol. The minimum absolute atomic E-state index is 0.000186. The zero-order valence-corrected chi connectivity index (χ0v) is 32.8. The second-order valence-electron chi connectivity index (χ2n) is 13.0. The molecule has 1 atom stereocenters. The first-order valence-electron chi connectivity index (χ1n) is 18.3. The maximum atomic E-state index is 13.6. The summed E-state index contributed by atoms with van der Waals surface area (Å²) in [7, 11) is -5.29. The number of nitrogens with zero attached hydrogens (tertiary/aromatic N) is 3. The van der Waals surface area contributed by atoms with Gasteiger partial charge in [0.25, 0.3) is 20.0 Å². The molecule has 0 fully saturated rings. The fourth-order valence-corrected chi connectivity index (χ4v) is 11.2. The predicted molar refractivity (Wildman–Crippen MR) is 196 cm³/mol. The second-order valence-corrected chi connectivity index (χ2v) is 18.0. The van der Waals surface area contributed by atoms with Gasteiger partial charge in [-0.1, -0.05) is 110 Å². The summed E-state index contributed by atoms with van der Waals surface area (Å²) in [6, 6.07) is 0.686. The molecular weight excluding hydrogens is 671 g/mol. The van der Waals surface area contributed by atoms with E-state index in [4.69, 9.17) is 9.47 Å². The molecule has 0 N–H and O–H groups in total. The van der Waals surface area contributed by atoms with Gasteiger partial charge in [-0.3, -0.25) is 0 Å². The van der Waals surface area contributed by atoms with Gasteiger partial charge in [-0.15, -0.1) is 11.3 Å². The highest BCUT2D eigenvalue weighted by Gasteiger charge is 2.43. The Morgan fingerprint density at radius 3 is 1.90 bits per heavy atom. The Balaban J connectivity index is 1.85. The third kappa shape index (κ3) is 14.0. The molecule has 1 aliphatic heterocycles. The van der Waals surface area contributed by atoms with Crippen LogP contribution in [0.25, 0.3) is 0 Å². The maximum absolute atomic E-state index is 13.6. The van der Waals surface area contributed by atoms with Gasteiger partial charge in [-0.2, -0.15) is 17.1 Å². The van der Waals surface area contributed by atoms with Crippen LogP contribution in [0.4, 0.5) is 4.79 Å². The Kier molecular flexibility index (Phi) is 20.5. The van der Waals surface area contributed by atoms with E-state index in [2.05, 4.69) is 11.3 Å². The van der Waals surface area contributed by atoms with Crippen molar-refractivity contribution in [1.29, 1.82) is 0 Å². The molecule has 2 heterocycles. The number of sulfonamides is 2. The van der Waals surface area contributed by atoms with Crippen LogP contribution in [0.1, 0.15) is 154 Å². The van der Waals surface area contributed by atoms with Crippen molar-refractivity contribution in [1.82, 2.24) is 9.21 Å². The van der Waals surface area contributed by atoms with Crippen LogP contribution in [-0.4, -0.2) is 78.3 Å². The van der Waals surface area contributed by atoms with Crippen molar-refractivity contribution in [2.45, 2.75) is 157 Å². The van der Waals surface area contributed by atoms with Crippen molar-refractivity contribution in [2.75, 3.05) is 40.5 Å². The topological polar surface area (TPSA) is 123 Å². The first-order valence-corrected chi connectivity index (χ1v) is 22.0. The van der Waals surface area contributed by atoms with E-state index in [1.807, 2.05) is 0 Å². The molecule has 0 bridgehead atoms. The van der Waals surface area contributed by atoms with Gasteiger partial charge in [0.15, 0.2) is 0 Å². The lowest BCUT2D eigenvalue weighted by molar-refractivity contribution is 0.0981. The van der Waals surface area contributed by atoms with Crippen LogP contribution in [0.3, 0.4) is 0 Å². The summed E-state index contributed by atoms with van der Waals surface area (Å²) in [4.78, 5) is 14.0. The van der Waals surface area contributed by atoms with Crippen molar-refractivity contribution in [3.05, 3.63) is 11.6 Å². The first-order chi connectivity index (χ1) is 23.0. The van der Waals surface area contributed by atoms with E-state index in [1.54, 1.807) is 21.0 Å². The summed E-state index contributed by atoms with van der Waals surface area (Å²) in [5.41, 5.74) is 0.794. The molecule has 2 rings (SSSR count). The summed E-state index contributed by atoms with van der Waals surface area (Å²) < 4.78 is 69.1. The van der Waals surface area contributed by atoms with Crippen LogP contribution >= 0.6 is 11.3 Å². The molecule has 0 spiro atoms. The molecule has 13 heteroatoms. The molecular formula is C35H63N3O7S3. The lowest BCUT2D eigenvalue weighted by Crippen LogP contribution is -2.47. The van der Waals surface area contributed by atoms with Crippen molar-refractivity contribution in [3.8, 4) is 0 Å². The summed E-state index contributed by atoms with van der Waals surface area (Å²) in [5, 5.41) is 0. The van der Waals surface area contributed by atoms with Gasteiger partial charge in [0.1, 0.15) is 8.42 Å². The number of amides is 1. The number of thiophene rings is 1. The molecule has 0 radical (unpaired) electrons. The van der Waals surface area contributed by atoms with Gasteiger partial charge in [0.2, 0.25) is 0 Å². The normalized spacial score (nSPS) is 16.6. The van der Waals surface area contributed by atoms with Crippen molar-refractivity contribution < 1.29 is 31.1 Å². The quantitative estimate of drug-likeness (QED) is 0.0688. The first kappa shape index (κ1) is 42.6. The van der Waals surface area contributed by atoms with E-state index in [0.717, 1.165) is 19.3 Å². The number of hydrogen-bond acceptors (Lipinski definition) is 8. The number of hydrogen-bond donors (Lipinski definition) is 0. The van der Waals surface area contributed by atoms with E-state index in [0.29, 0.717) is 36.5 Å². The summed E-state index contributed by atoms with van der Waals surface area (Å²) in [6.07, 6.45) is 22.3. The highest BCUT2D eigenvalue weighted by Crippen LogP contribution is 2.43. The minimum Gasteiger partial charge on any atom is -0.453 e. The van der Waals surface area contributed by atoms with Crippen LogP contribution in [0.15, 0.2) is 18.9 Å². The molecule has 10 nitrogen and oxygen atoms in total. The maximum Gasteiger partial charge on any atom is 0.410 e. The molecule has 0 aliphatic carbocycles. The molecule has 0 aromatic carbocycles. The van der Waals surface area contributed by atoms with Crippen LogP contribution in [0, 0.1) is 0 Å². The van der Waals surface area contributed by atoms with Crippen molar-refractivity contribution >= 4 is 43.2 Å². The largest absolute Gasteiger partial charge is 0.453 e. The standard InChI is InChI=1S/C35H63N3O7S3/c1-6-8-9-10-11-12-13-14-15-16-17-18-19-20-21-22-23-25-30(3)36-47(40,41)33-28-31-32(38(7-2)35(39)45-5)29-37(26-24-27-44-4)48(42,43)34(31)46-33/h28,32H,6-27,29H2,1-5H3/b36-30+/t32-/m0/s1. The van der Waals surface area contributed by atoms with Crippen LogP contribution in [0.5, 0.6) is 0 Å². The number of methoxy groups -OCH3 is 2. The summed E-state index contributed by atoms with van der Waals surface area (Å²) >= 11 is 0.701. The van der Waals surface area contributed by atoms with Crippen molar-refractivity contribution in [2.24, 2.45) is 4.40 Å². The average molecular weight is 734 g/mol. The lowest BCUT2D eigenvalue weighted by atomic mass is 10.0. The highest BCUT2D eigenvalue weighted by molar-refractivity contribution is 7.94.